The van der Waals surface area contributed by atoms with E-state index in [1.165, 1.54) is 4.90 Å². The average molecular weight is 259 g/mol. The molecular weight excluding hydrogens is 242 g/mol. The summed E-state index contributed by atoms with van der Waals surface area (Å²) in [7, 11) is 0. The van der Waals surface area contributed by atoms with Gasteiger partial charge in [0.05, 0.1) is 12.1 Å². The van der Waals surface area contributed by atoms with Crippen molar-refractivity contribution in [3.8, 4) is 0 Å². The van der Waals surface area contributed by atoms with Gasteiger partial charge in [0, 0.05) is 12.1 Å². The van der Waals surface area contributed by atoms with E-state index in [1.807, 2.05) is 0 Å². The van der Waals surface area contributed by atoms with E-state index in [0.29, 0.717) is 23.7 Å². The Morgan fingerprint density at radius 1 is 1.47 bits per heavy atom. The van der Waals surface area contributed by atoms with Crippen molar-refractivity contribution in [1.29, 1.82) is 0 Å². The van der Waals surface area contributed by atoms with Gasteiger partial charge in [-0.25, -0.2) is 4.90 Å². The molecule has 0 spiro atoms. The van der Waals surface area contributed by atoms with Crippen LogP contribution in [0, 0.1) is 5.92 Å². The minimum absolute atomic E-state index is 0.0952. The highest BCUT2D eigenvalue weighted by Gasteiger charge is 2.33. The normalized spacial score (nSPS) is 21.8. The number of benzene rings is 1. The van der Waals surface area contributed by atoms with E-state index in [1.54, 1.807) is 18.2 Å². The Morgan fingerprint density at radius 3 is 3.05 bits per heavy atom. The molecule has 100 valence electrons. The number of carbonyl (C=O) groups excluding carboxylic acids is 2. The van der Waals surface area contributed by atoms with Crippen molar-refractivity contribution in [1.82, 2.24) is 5.32 Å². The lowest BCUT2D eigenvalue weighted by Crippen LogP contribution is -2.35. The lowest BCUT2D eigenvalue weighted by atomic mass is 10.0. The number of carbonyl (C=O) groups is 2. The summed E-state index contributed by atoms with van der Waals surface area (Å²) in [6, 6.07) is 5.27. The molecule has 0 aromatic heterocycles. The second-order valence-electron chi connectivity index (χ2n) is 5.25. The zero-order chi connectivity index (χ0) is 13.4. The fourth-order valence-corrected chi connectivity index (χ4v) is 2.84. The summed E-state index contributed by atoms with van der Waals surface area (Å²) in [6.45, 7) is 1.82. The van der Waals surface area contributed by atoms with Crippen LogP contribution in [-0.4, -0.2) is 24.9 Å². The fourth-order valence-electron chi connectivity index (χ4n) is 2.84. The Bertz CT molecular complexity index is 535. The Morgan fingerprint density at radius 2 is 2.32 bits per heavy atom. The van der Waals surface area contributed by atoms with E-state index in [9.17, 15) is 9.59 Å². The zero-order valence-corrected chi connectivity index (χ0v) is 10.7. The molecule has 2 amide bonds. The van der Waals surface area contributed by atoms with Gasteiger partial charge in [0.1, 0.15) is 0 Å². The molecule has 0 radical (unpaired) electrons. The van der Waals surface area contributed by atoms with Crippen LogP contribution in [-0.2, 0) is 16.0 Å². The van der Waals surface area contributed by atoms with Crippen LogP contribution in [0.15, 0.2) is 18.2 Å². The summed E-state index contributed by atoms with van der Waals surface area (Å²) >= 11 is 0. The van der Waals surface area contributed by atoms with Crippen LogP contribution in [0.5, 0.6) is 0 Å². The van der Waals surface area contributed by atoms with Gasteiger partial charge in [0.15, 0.2) is 0 Å². The third-order valence-corrected chi connectivity index (χ3v) is 3.81. The summed E-state index contributed by atoms with van der Waals surface area (Å²) in [5.74, 6) is 0.108. The summed E-state index contributed by atoms with van der Waals surface area (Å²) in [4.78, 5) is 25.6. The predicted octanol–water partition coefficient (Wildman–Crippen LogP) is 0.684. The lowest BCUT2D eigenvalue weighted by Gasteiger charge is -2.17. The molecule has 0 bridgehead atoms. The molecule has 0 aliphatic carbocycles. The predicted molar refractivity (Wildman–Crippen MR) is 72.6 cm³/mol. The van der Waals surface area contributed by atoms with E-state index >= 15 is 0 Å². The molecule has 19 heavy (non-hydrogen) atoms. The van der Waals surface area contributed by atoms with Crippen LogP contribution in [0.2, 0.25) is 0 Å². The van der Waals surface area contributed by atoms with Crippen LogP contribution in [0.1, 0.15) is 18.4 Å². The topological polar surface area (TPSA) is 75.4 Å². The maximum absolute atomic E-state index is 12.3. The Balaban J connectivity index is 1.81. The third kappa shape index (κ3) is 2.21. The highest BCUT2D eigenvalue weighted by molar-refractivity contribution is 6.19. The van der Waals surface area contributed by atoms with Gasteiger partial charge in [-0.2, -0.15) is 0 Å². The maximum atomic E-state index is 12.3. The van der Waals surface area contributed by atoms with Crippen molar-refractivity contribution in [2.45, 2.75) is 19.3 Å². The number of imide groups is 1. The van der Waals surface area contributed by atoms with Gasteiger partial charge < -0.3 is 11.1 Å². The number of rotatable bonds is 2. The number of nitrogens with one attached hydrogen (secondary N) is 1. The molecule has 3 N–H and O–H groups in total. The first-order valence-corrected chi connectivity index (χ1v) is 6.60. The largest absolute Gasteiger partial charge is 0.399 e. The van der Waals surface area contributed by atoms with Crippen molar-refractivity contribution < 1.29 is 9.59 Å². The molecule has 2 aliphatic heterocycles. The minimum Gasteiger partial charge on any atom is -0.399 e. The first kappa shape index (κ1) is 12.2. The summed E-state index contributed by atoms with van der Waals surface area (Å²) in [5, 5.41) is 3.23. The summed E-state index contributed by atoms with van der Waals surface area (Å²) in [5.41, 5.74) is 7.89. The van der Waals surface area contributed by atoms with Gasteiger partial charge in [-0.3, -0.25) is 9.59 Å². The molecule has 2 heterocycles. The number of nitrogen functional groups attached to an aromatic ring is 1. The number of nitrogens with two attached hydrogens (primary N) is 1. The highest BCUT2D eigenvalue weighted by atomic mass is 16.2. The van der Waals surface area contributed by atoms with Crippen molar-refractivity contribution >= 4 is 23.2 Å². The van der Waals surface area contributed by atoms with Crippen molar-refractivity contribution in [2.24, 2.45) is 5.92 Å². The van der Waals surface area contributed by atoms with E-state index in [0.717, 1.165) is 25.1 Å². The molecule has 1 fully saturated rings. The number of fused-ring (bicyclic) bond motifs is 1. The van der Waals surface area contributed by atoms with Gasteiger partial charge in [0.2, 0.25) is 11.8 Å². The van der Waals surface area contributed by atoms with Gasteiger partial charge in [-0.05, 0) is 49.2 Å². The average Bonchev–Trinajstić information content (AvgIpc) is 2.95. The van der Waals surface area contributed by atoms with Crippen LogP contribution < -0.4 is 16.0 Å². The van der Waals surface area contributed by atoms with Gasteiger partial charge in [0.25, 0.3) is 0 Å². The molecule has 1 atom stereocenters. The van der Waals surface area contributed by atoms with Gasteiger partial charge in [-0.1, -0.05) is 0 Å². The number of nitrogens with zero attached hydrogens (tertiary/aromatic N) is 1. The Labute approximate surface area is 111 Å². The molecular formula is C14H17N3O2. The van der Waals surface area contributed by atoms with Gasteiger partial charge >= 0.3 is 0 Å². The minimum atomic E-state index is -0.142. The quantitative estimate of drug-likeness (QED) is 0.766. The van der Waals surface area contributed by atoms with Crippen molar-refractivity contribution in [3.63, 3.8) is 0 Å². The molecule has 1 aromatic rings. The lowest BCUT2D eigenvalue weighted by molar-refractivity contribution is -0.126. The first-order chi connectivity index (χ1) is 9.15. The SMILES string of the molecule is Nc1ccc2c(c1)CC(=O)N2C(=O)CC1CCNC1. The summed E-state index contributed by atoms with van der Waals surface area (Å²) in [6.07, 6.45) is 1.71. The molecule has 3 rings (SSSR count). The number of hydrogen-bond donors (Lipinski definition) is 2. The second kappa shape index (κ2) is 4.66. The Kier molecular flexibility index (Phi) is 2.98. The molecule has 5 heteroatoms. The third-order valence-electron chi connectivity index (χ3n) is 3.81. The number of anilines is 2. The summed E-state index contributed by atoms with van der Waals surface area (Å²) < 4.78 is 0. The van der Waals surface area contributed by atoms with Crippen LogP contribution in [0.3, 0.4) is 0 Å². The molecule has 5 nitrogen and oxygen atoms in total. The number of amides is 2. The van der Waals surface area contributed by atoms with Crippen molar-refractivity contribution in [2.75, 3.05) is 23.7 Å². The van der Waals surface area contributed by atoms with Crippen LogP contribution in [0.4, 0.5) is 11.4 Å². The molecule has 1 unspecified atom stereocenters. The molecule has 1 saturated heterocycles. The van der Waals surface area contributed by atoms with E-state index in [2.05, 4.69) is 5.32 Å². The van der Waals surface area contributed by atoms with Crippen LogP contribution in [0.25, 0.3) is 0 Å². The number of hydrogen-bond acceptors (Lipinski definition) is 4. The monoisotopic (exact) mass is 259 g/mol. The molecule has 2 aliphatic rings. The fraction of sp³-hybridized carbons (Fsp3) is 0.429. The van der Waals surface area contributed by atoms with E-state index < -0.39 is 0 Å². The highest BCUT2D eigenvalue weighted by Crippen LogP contribution is 2.31. The molecule has 1 aromatic carbocycles. The van der Waals surface area contributed by atoms with Gasteiger partial charge in [-0.15, -0.1) is 0 Å². The smallest absolute Gasteiger partial charge is 0.238 e. The van der Waals surface area contributed by atoms with E-state index in [4.69, 9.17) is 5.73 Å². The first-order valence-electron chi connectivity index (χ1n) is 6.60. The maximum Gasteiger partial charge on any atom is 0.238 e. The molecule has 0 saturated carbocycles. The van der Waals surface area contributed by atoms with Crippen LogP contribution >= 0.6 is 0 Å². The zero-order valence-electron chi connectivity index (χ0n) is 10.7. The van der Waals surface area contributed by atoms with Crippen molar-refractivity contribution in [3.05, 3.63) is 23.8 Å². The second-order valence-corrected chi connectivity index (χ2v) is 5.25. The Hall–Kier alpha value is -1.88. The van der Waals surface area contributed by atoms with E-state index in [-0.39, 0.29) is 18.2 Å². The standard InChI is InChI=1S/C14H17N3O2/c15-11-1-2-12-10(6-11)7-14(19)17(12)13(18)5-9-3-4-16-8-9/h1-2,6,9,16H,3-5,7-8,15H2.